The van der Waals surface area contributed by atoms with Crippen LogP contribution in [0.2, 0.25) is 0 Å². The molecule has 4 saturated carbocycles. The minimum atomic E-state index is 0.200. The summed E-state index contributed by atoms with van der Waals surface area (Å²) in [7, 11) is 0. The maximum absolute atomic E-state index is 13.3. The lowest BCUT2D eigenvalue weighted by Crippen LogP contribution is -2.53. The van der Waals surface area contributed by atoms with E-state index in [0.717, 1.165) is 41.7 Å². The molecule has 5 rings (SSSR count). The normalized spacial score (nSPS) is 46.6. The molecule has 4 fully saturated rings. The van der Waals surface area contributed by atoms with Crippen LogP contribution in [0, 0.1) is 53.3 Å². The number of Topliss-reactive ketones (excluding diaryl/α,β-unsaturated/α-hetero) is 1. The Balaban J connectivity index is 1.35. The highest BCUT2D eigenvalue weighted by molar-refractivity contribution is 5.82. The highest BCUT2D eigenvalue weighted by atomic mass is 16.1. The molecule has 1 aromatic heterocycles. The van der Waals surface area contributed by atoms with Gasteiger partial charge in [-0.05, 0) is 98.7 Å². The van der Waals surface area contributed by atoms with Crippen LogP contribution >= 0.6 is 0 Å². The molecule has 29 heavy (non-hydrogen) atoms. The van der Waals surface area contributed by atoms with E-state index in [-0.39, 0.29) is 11.3 Å². The standard InChI is InChI=1S/C25H39N3O/c1-16-9-11-24(3)18(13-16)5-6-19-20-7-8-22(25(20,4)12-10-21(19)24)23(29)15-28-26-14-17(2)27-28/h14,16,18-22H,5-13,15H2,1-4H3/t16-,18?,19?,20?,21?,22?,24?,25?/m0/s1. The summed E-state index contributed by atoms with van der Waals surface area (Å²) >= 11 is 0. The van der Waals surface area contributed by atoms with E-state index in [4.69, 9.17) is 0 Å². The van der Waals surface area contributed by atoms with Gasteiger partial charge in [0.05, 0.1) is 11.9 Å². The average molecular weight is 398 g/mol. The molecule has 0 aliphatic heterocycles. The van der Waals surface area contributed by atoms with Crippen molar-refractivity contribution in [1.82, 2.24) is 15.0 Å². The minimum absolute atomic E-state index is 0.200. The van der Waals surface area contributed by atoms with Crippen molar-refractivity contribution in [1.29, 1.82) is 0 Å². The number of fused-ring (bicyclic) bond motifs is 5. The summed E-state index contributed by atoms with van der Waals surface area (Å²) in [6.45, 7) is 9.86. The van der Waals surface area contributed by atoms with Gasteiger partial charge >= 0.3 is 0 Å². The lowest BCUT2D eigenvalue weighted by molar-refractivity contribution is -0.137. The molecule has 0 radical (unpaired) electrons. The molecule has 7 unspecified atom stereocenters. The van der Waals surface area contributed by atoms with Crippen LogP contribution < -0.4 is 0 Å². The van der Waals surface area contributed by atoms with Gasteiger partial charge in [-0.15, -0.1) is 0 Å². The van der Waals surface area contributed by atoms with Crippen molar-refractivity contribution in [3.05, 3.63) is 11.9 Å². The number of ketones is 1. The highest BCUT2D eigenvalue weighted by Gasteiger charge is 2.60. The van der Waals surface area contributed by atoms with Crippen molar-refractivity contribution in [2.24, 2.45) is 46.3 Å². The van der Waals surface area contributed by atoms with Gasteiger partial charge < -0.3 is 0 Å². The van der Waals surface area contributed by atoms with Crippen LogP contribution in [0.5, 0.6) is 0 Å². The lowest BCUT2D eigenvalue weighted by atomic mass is 9.44. The lowest BCUT2D eigenvalue weighted by Gasteiger charge is -2.61. The number of carbonyl (C=O) groups is 1. The van der Waals surface area contributed by atoms with Crippen LogP contribution in [0.25, 0.3) is 0 Å². The maximum Gasteiger partial charge on any atom is 0.159 e. The Bertz CT molecular complexity index is 787. The van der Waals surface area contributed by atoms with Crippen molar-refractivity contribution in [2.75, 3.05) is 0 Å². The van der Waals surface area contributed by atoms with E-state index in [2.05, 4.69) is 31.0 Å². The molecule has 0 amide bonds. The van der Waals surface area contributed by atoms with Crippen LogP contribution in [-0.4, -0.2) is 20.8 Å². The largest absolute Gasteiger partial charge is 0.297 e. The van der Waals surface area contributed by atoms with Gasteiger partial charge in [0.2, 0.25) is 0 Å². The first-order valence-electron chi connectivity index (χ1n) is 12.2. The fraction of sp³-hybridized carbons (Fsp3) is 0.880. The monoisotopic (exact) mass is 397 g/mol. The molecule has 160 valence electrons. The van der Waals surface area contributed by atoms with E-state index in [9.17, 15) is 4.79 Å². The molecular weight excluding hydrogens is 358 g/mol. The Hall–Kier alpha value is -1.19. The van der Waals surface area contributed by atoms with Crippen molar-refractivity contribution in [3.8, 4) is 0 Å². The molecule has 0 bridgehead atoms. The molecule has 1 aromatic rings. The third-order valence-electron chi connectivity index (χ3n) is 10.3. The molecule has 0 aromatic carbocycles. The zero-order chi connectivity index (χ0) is 20.4. The van der Waals surface area contributed by atoms with Gasteiger partial charge in [-0.1, -0.05) is 27.2 Å². The number of aromatic nitrogens is 3. The summed E-state index contributed by atoms with van der Waals surface area (Å²) in [5.74, 6) is 4.95. The van der Waals surface area contributed by atoms with Gasteiger partial charge in [0.15, 0.2) is 5.78 Å². The van der Waals surface area contributed by atoms with Gasteiger partial charge in [-0.2, -0.15) is 15.0 Å². The first kappa shape index (κ1) is 19.8. The predicted molar refractivity (Wildman–Crippen MR) is 114 cm³/mol. The van der Waals surface area contributed by atoms with Crippen molar-refractivity contribution in [2.45, 2.75) is 92.0 Å². The van der Waals surface area contributed by atoms with Crippen molar-refractivity contribution >= 4 is 5.78 Å². The summed E-state index contributed by atoms with van der Waals surface area (Å²) < 4.78 is 0. The Morgan fingerprint density at radius 3 is 2.59 bits per heavy atom. The minimum Gasteiger partial charge on any atom is -0.297 e. The van der Waals surface area contributed by atoms with Gasteiger partial charge in [0, 0.05) is 5.92 Å². The summed E-state index contributed by atoms with van der Waals surface area (Å²) in [4.78, 5) is 14.9. The molecule has 0 saturated heterocycles. The number of aryl methyl sites for hydroxylation is 1. The van der Waals surface area contributed by atoms with E-state index >= 15 is 0 Å². The van der Waals surface area contributed by atoms with Gasteiger partial charge in [0.1, 0.15) is 6.54 Å². The summed E-state index contributed by atoms with van der Waals surface area (Å²) in [5.41, 5.74) is 1.65. The molecule has 4 aliphatic rings. The third kappa shape index (κ3) is 3.03. The van der Waals surface area contributed by atoms with Crippen molar-refractivity contribution in [3.63, 3.8) is 0 Å². The zero-order valence-corrected chi connectivity index (χ0v) is 18.9. The van der Waals surface area contributed by atoms with Crippen LogP contribution in [0.3, 0.4) is 0 Å². The van der Waals surface area contributed by atoms with Crippen LogP contribution in [-0.2, 0) is 11.3 Å². The number of nitrogens with zero attached hydrogens (tertiary/aromatic N) is 3. The van der Waals surface area contributed by atoms with E-state index in [0.29, 0.717) is 17.7 Å². The maximum atomic E-state index is 13.3. The number of carbonyl (C=O) groups excluding carboxylic acids is 1. The highest BCUT2D eigenvalue weighted by Crippen LogP contribution is 2.67. The Morgan fingerprint density at radius 1 is 1.07 bits per heavy atom. The predicted octanol–water partition coefficient (Wildman–Crippen LogP) is 5.45. The summed E-state index contributed by atoms with van der Waals surface area (Å²) in [6, 6.07) is 0. The van der Waals surface area contributed by atoms with Crippen LogP contribution in [0.4, 0.5) is 0 Å². The average Bonchev–Trinajstić information content (AvgIpc) is 3.24. The second-order valence-electron chi connectivity index (χ2n) is 11.7. The summed E-state index contributed by atoms with van der Waals surface area (Å²) in [6.07, 6.45) is 13.9. The number of hydrogen-bond donors (Lipinski definition) is 0. The van der Waals surface area contributed by atoms with Crippen molar-refractivity contribution < 1.29 is 4.79 Å². The second-order valence-corrected chi connectivity index (χ2v) is 11.7. The van der Waals surface area contributed by atoms with Crippen LogP contribution in [0.1, 0.15) is 84.3 Å². The van der Waals surface area contributed by atoms with Gasteiger partial charge in [-0.3, -0.25) is 4.79 Å². The Kier molecular flexibility index (Phi) is 4.71. The van der Waals surface area contributed by atoms with Gasteiger partial charge in [-0.25, -0.2) is 0 Å². The molecule has 4 nitrogen and oxygen atoms in total. The summed E-state index contributed by atoms with van der Waals surface area (Å²) in [5, 5.41) is 8.62. The first-order chi connectivity index (χ1) is 13.8. The smallest absolute Gasteiger partial charge is 0.159 e. The Morgan fingerprint density at radius 2 is 1.83 bits per heavy atom. The third-order valence-corrected chi connectivity index (χ3v) is 10.3. The van der Waals surface area contributed by atoms with Gasteiger partial charge in [0.25, 0.3) is 0 Å². The molecule has 4 heteroatoms. The molecule has 0 N–H and O–H groups in total. The van der Waals surface area contributed by atoms with E-state index < -0.39 is 0 Å². The fourth-order valence-corrected chi connectivity index (χ4v) is 8.71. The topological polar surface area (TPSA) is 47.8 Å². The zero-order valence-electron chi connectivity index (χ0n) is 18.9. The number of hydrogen-bond acceptors (Lipinski definition) is 3. The molecule has 4 aliphatic carbocycles. The Labute approximate surface area is 176 Å². The number of rotatable bonds is 3. The van der Waals surface area contributed by atoms with E-state index in [1.165, 1.54) is 51.4 Å². The molecule has 0 spiro atoms. The second kappa shape index (κ2) is 6.92. The van der Waals surface area contributed by atoms with Crippen LogP contribution in [0.15, 0.2) is 6.20 Å². The SMILES string of the molecule is Cc1cnn(CC(=O)C2CCC3C4CCC5C[C@@H](C)CCC5(C)C4CCC23C)n1. The van der Waals surface area contributed by atoms with E-state index in [1.54, 1.807) is 11.0 Å². The first-order valence-corrected chi connectivity index (χ1v) is 12.2. The quantitative estimate of drug-likeness (QED) is 0.681. The molecule has 8 atom stereocenters. The fourth-order valence-electron chi connectivity index (χ4n) is 8.71. The van der Waals surface area contributed by atoms with E-state index in [1.807, 2.05) is 6.92 Å². The molecular formula is C25H39N3O. The molecule has 1 heterocycles.